The van der Waals surface area contributed by atoms with Crippen LogP contribution in [0.4, 0.5) is 5.69 Å². The van der Waals surface area contributed by atoms with E-state index in [4.69, 9.17) is 4.74 Å². The molecule has 1 aliphatic rings. The molecule has 0 saturated heterocycles. The van der Waals surface area contributed by atoms with Crippen LogP contribution in [-0.4, -0.2) is 31.5 Å². The summed E-state index contributed by atoms with van der Waals surface area (Å²) in [5, 5.41) is 3.02. The Morgan fingerprint density at radius 3 is 2.65 bits per heavy atom. The van der Waals surface area contributed by atoms with Crippen molar-refractivity contribution in [3.05, 3.63) is 71.8 Å². The highest BCUT2D eigenvalue weighted by Gasteiger charge is 2.23. The monoisotopic (exact) mass is 350 g/mol. The van der Waals surface area contributed by atoms with E-state index in [-0.39, 0.29) is 17.9 Å². The highest BCUT2D eigenvalue weighted by molar-refractivity contribution is 6.01. The fourth-order valence-electron chi connectivity index (χ4n) is 3.05. The Balaban J connectivity index is 1.65. The Hall–Kier alpha value is -3.08. The number of nitrogens with zero attached hydrogens (tertiary/aromatic N) is 1. The number of anilines is 1. The van der Waals surface area contributed by atoms with Crippen molar-refractivity contribution in [2.75, 3.05) is 18.6 Å². The summed E-state index contributed by atoms with van der Waals surface area (Å²) >= 11 is 0. The number of para-hydroxylation sites is 1. The zero-order valence-corrected chi connectivity index (χ0v) is 15.0. The minimum absolute atomic E-state index is 0.0681. The zero-order valence-electron chi connectivity index (χ0n) is 15.0. The second-order valence-corrected chi connectivity index (χ2v) is 6.40. The van der Waals surface area contributed by atoms with Crippen molar-refractivity contribution >= 4 is 17.5 Å². The van der Waals surface area contributed by atoms with Gasteiger partial charge in [-0.15, -0.1) is 0 Å². The minimum atomic E-state index is -0.199. The van der Waals surface area contributed by atoms with E-state index in [2.05, 4.69) is 11.9 Å². The number of amides is 2. The van der Waals surface area contributed by atoms with E-state index in [1.54, 1.807) is 31.3 Å². The maximum atomic E-state index is 12.5. The Morgan fingerprint density at radius 2 is 1.96 bits per heavy atom. The standard InChI is InChI=1S/C21H22N2O3/c1-4-19(24)23(3)18-10-8-15(9-11-18)21(25)22-17-12-16-7-5-6-14(2)20(16)26-13-17/h4-11,17H,1,12-13H2,2-3H3,(H,22,25). The molecule has 0 fully saturated rings. The van der Waals surface area contributed by atoms with Crippen LogP contribution in [0.5, 0.6) is 5.75 Å². The molecule has 1 atom stereocenters. The zero-order chi connectivity index (χ0) is 18.7. The molecular weight excluding hydrogens is 328 g/mol. The fourth-order valence-corrected chi connectivity index (χ4v) is 3.05. The third-order valence-corrected chi connectivity index (χ3v) is 4.55. The highest BCUT2D eigenvalue weighted by Crippen LogP contribution is 2.28. The van der Waals surface area contributed by atoms with Gasteiger partial charge in [0.25, 0.3) is 5.91 Å². The Labute approximate surface area is 153 Å². The molecule has 26 heavy (non-hydrogen) atoms. The molecule has 1 unspecified atom stereocenters. The average Bonchev–Trinajstić information content (AvgIpc) is 2.67. The number of carbonyl (C=O) groups excluding carboxylic acids is 2. The fraction of sp³-hybridized carbons (Fsp3) is 0.238. The number of hydrogen-bond acceptors (Lipinski definition) is 3. The summed E-state index contributed by atoms with van der Waals surface area (Å²) in [7, 11) is 1.66. The van der Waals surface area contributed by atoms with E-state index in [1.807, 2.05) is 25.1 Å². The van der Waals surface area contributed by atoms with Crippen LogP contribution in [0.1, 0.15) is 21.5 Å². The molecule has 0 aliphatic carbocycles. The van der Waals surface area contributed by atoms with Crippen molar-refractivity contribution in [1.82, 2.24) is 5.32 Å². The lowest BCUT2D eigenvalue weighted by molar-refractivity contribution is -0.113. The van der Waals surface area contributed by atoms with Crippen molar-refractivity contribution in [3.63, 3.8) is 0 Å². The van der Waals surface area contributed by atoms with Crippen molar-refractivity contribution in [3.8, 4) is 5.75 Å². The predicted octanol–water partition coefficient (Wildman–Crippen LogP) is 2.88. The molecule has 0 bridgehead atoms. The summed E-state index contributed by atoms with van der Waals surface area (Å²) in [4.78, 5) is 25.6. The van der Waals surface area contributed by atoms with Crippen LogP contribution in [0.15, 0.2) is 55.1 Å². The number of aryl methyl sites for hydroxylation is 1. The van der Waals surface area contributed by atoms with Gasteiger partial charge in [0.1, 0.15) is 12.4 Å². The van der Waals surface area contributed by atoms with Gasteiger partial charge >= 0.3 is 0 Å². The van der Waals surface area contributed by atoms with Crippen molar-refractivity contribution in [2.24, 2.45) is 0 Å². The quantitative estimate of drug-likeness (QED) is 0.863. The first-order valence-electron chi connectivity index (χ1n) is 8.52. The maximum Gasteiger partial charge on any atom is 0.251 e. The lowest BCUT2D eigenvalue weighted by Crippen LogP contribution is -2.42. The van der Waals surface area contributed by atoms with Gasteiger partial charge in [0.2, 0.25) is 5.91 Å². The molecule has 1 aliphatic heterocycles. The first-order valence-corrected chi connectivity index (χ1v) is 8.52. The van der Waals surface area contributed by atoms with E-state index in [1.165, 1.54) is 11.0 Å². The summed E-state index contributed by atoms with van der Waals surface area (Å²) in [5.74, 6) is 0.576. The number of likely N-dealkylation sites (N-methyl/N-ethyl adjacent to an activating group) is 1. The molecule has 0 spiro atoms. The number of rotatable bonds is 4. The Bertz CT molecular complexity index is 843. The second-order valence-electron chi connectivity index (χ2n) is 6.40. The maximum absolute atomic E-state index is 12.5. The van der Waals surface area contributed by atoms with E-state index in [0.717, 1.165) is 23.3 Å². The molecule has 0 radical (unpaired) electrons. The topological polar surface area (TPSA) is 58.6 Å². The van der Waals surface area contributed by atoms with Crippen LogP contribution in [0.25, 0.3) is 0 Å². The van der Waals surface area contributed by atoms with Gasteiger partial charge in [-0.25, -0.2) is 0 Å². The van der Waals surface area contributed by atoms with Gasteiger partial charge in [-0.1, -0.05) is 24.8 Å². The molecule has 2 aromatic carbocycles. The molecule has 5 heteroatoms. The van der Waals surface area contributed by atoms with Crippen LogP contribution in [-0.2, 0) is 11.2 Å². The highest BCUT2D eigenvalue weighted by atomic mass is 16.5. The van der Waals surface area contributed by atoms with Gasteiger partial charge in [-0.2, -0.15) is 0 Å². The van der Waals surface area contributed by atoms with Gasteiger partial charge in [0.15, 0.2) is 0 Å². The summed E-state index contributed by atoms with van der Waals surface area (Å²) < 4.78 is 5.82. The van der Waals surface area contributed by atoms with Crippen LogP contribution < -0.4 is 15.0 Å². The molecule has 0 saturated carbocycles. The Kier molecular flexibility index (Phi) is 5.07. The largest absolute Gasteiger partial charge is 0.491 e. The number of benzene rings is 2. The number of ether oxygens (including phenoxy) is 1. The Morgan fingerprint density at radius 1 is 1.23 bits per heavy atom. The number of carbonyl (C=O) groups is 2. The van der Waals surface area contributed by atoms with Gasteiger partial charge < -0.3 is 15.0 Å². The van der Waals surface area contributed by atoms with Crippen molar-refractivity contribution in [1.29, 1.82) is 0 Å². The molecule has 0 aromatic heterocycles. The van der Waals surface area contributed by atoms with E-state index in [9.17, 15) is 9.59 Å². The molecule has 1 N–H and O–H groups in total. The molecule has 1 heterocycles. The normalized spacial score (nSPS) is 15.4. The van der Waals surface area contributed by atoms with E-state index >= 15 is 0 Å². The van der Waals surface area contributed by atoms with Crippen LogP contribution in [0.3, 0.4) is 0 Å². The molecule has 134 valence electrons. The van der Waals surface area contributed by atoms with E-state index in [0.29, 0.717) is 17.9 Å². The lowest BCUT2D eigenvalue weighted by atomic mass is 9.99. The summed E-state index contributed by atoms with van der Waals surface area (Å²) in [6, 6.07) is 12.9. The average molecular weight is 350 g/mol. The number of fused-ring (bicyclic) bond motifs is 1. The number of nitrogens with one attached hydrogen (secondary N) is 1. The third-order valence-electron chi connectivity index (χ3n) is 4.55. The summed E-state index contributed by atoms with van der Waals surface area (Å²) in [6.45, 7) is 5.95. The van der Waals surface area contributed by atoms with Gasteiger partial charge in [0.05, 0.1) is 6.04 Å². The minimum Gasteiger partial charge on any atom is -0.491 e. The van der Waals surface area contributed by atoms with Crippen molar-refractivity contribution < 1.29 is 14.3 Å². The second kappa shape index (κ2) is 7.44. The van der Waals surface area contributed by atoms with Crippen LogP contribution in [0.2, 0.25) is 0 Å². The first-order chi connectivity index (χ1) is 12.5. The van der Waals surface area contributed by atoms with Gasteiger partial charge in [0, 0.05) is 18.3 Å². The third kappa shape index (κ3) is 3.61. The molecule has 2 aromatic rings. The smallest absolute Gasteiger partial charge is 0.251 e. The van der Waals surface area contributed by atoms with Gasteiger partial charge in [-0.3, -0.25) is 9.59 Å². The SMILES string of the molecule is C=CC(=O)N(C)c1ccc(C(=O)NC2COc3c(C)cccc3C2)cc1. The summed E-state index contributed by atoms with van der Waals surface area (Å²) in [5.41, 5.74) is 3.47. The molecule has 3 rings (SSSR count). The first kappa shape index (κ1) is 17.7. The lowest BCUT2D eigenvalue weighted by Gasteiger charge is -2.27. The van der Waals surface area contributed by atoms with E-state index < -0.39 is 0 Å². The predicted molar refractivity (Wildman–Crippen MR) is 102 cm³/mol. The molecule has 2 amide bonds. The van der Waals surface area contributed by atoms with Crippen LogP contribution in [0, 0.1) is 6.92 Å². The van der Waals surface area contributed by atoms with Crippen molar-refractivity contribution in [2.45, 2.75) is 19.4 Å². The van der Waals surface area contributed by atoms with Crippen LogP contribution >= 0.6 is 0 Å². The summed E-state index contributed by atoms with van der Waals surface area (Å²) in [6.07, 6.45) is 2.00. The van der Waals surface area contributed by atoms with Gasteiger partial charge in [-0.05, 0) is 54.8 Å². The molecule has 5 nitrogen and oxygen atoms in total. The molecular formula is C21H22N2O3. The number of hydrogen-bond donors (Lipinski definition) is 1.